The van der Waals surface area contributed by atoms with Crippen LogP contribution in [0.2, 0.25) is 0 Å². The maximum absolute atomic E-state index is 12.3. The maximum atomic E-state index is 12.3. The Labute approximate surface area is 131 Å². The molecule has 0 aliphatic carbocycles. The molecule has 4 nitrogen and oxygen atoms in total. The zero-order valence-electron chi connectivity index (χ0n) is 11.9. The van der Waals surface area contributed by atoms with Crippen molar-refractivity contribution in [2.75, 3.05) is 5.32 Å². The Bertz CT molecular complexity index is 618. The van der Waals surface area contributed by atoms with E-state index in [0.717, 1.165) is 34.4 Å². The van der Waals surface area contributed by atoms with Gasteiger partial charge in [0.2, 0.25) is 0 Å². The summed E-state index contributed by atoms with van der Waals surface area (Å²) in [5.74, 6) is -0.111. The highest BCUT2D eigenvalue weighted by Gasteiger charge is 2.15. The fourth-order valence-corrected chi connectivity index (χ4v) is 3.42. The molecule has 0 bridgehead atoms. The second kappa shape index (κ2) is 6.54. The maximum Gasteiger partial charge on any atom is 0.274 e. The first-order valence-electron chi connectivity index (χ1n) is 6.68. The van der Waals surface area contributed by atoms with Gasteiger partial charge < -0.3 is 4.57 Å². The molecule has 2 rings (SSSR count). The van der Waals surface area contributed by atoms with E-state index in [1.807, 2.05) is 23.8 Å². The molecule has 1 N–H and O–H groups in total. The summed E-state index contributed by atoms with van der Waals surface area (Å²) in [6.07, 6.45) is 3.80. The molecule has 0 saturated heterocycles. The van der Waals surface area contributed by atoms with Crippen LogP contribution in [-0.2, 0) is 13.0 Å². The lowest BCUT2D eigenvalue weighted by Gasteiger charge is -2.06. The van der Waals surface area contributed by atoms with Gasteiger partial charge in [0.25, 0.3) is 5.91 Å². The highest BCUT2D eigenvalue weighted by Crippen LogP contribution is 2.23. The number of nitrogens with zero attached hydrogens (tertiary/aromatic N) is 2. The molecule has 108 valence electrons. The minimum Gasteiger partial charge on any atom is -0.342 e. The molecule has 20 heavy (non-hydrogen) atoms. The topological polar surface area (TPSA) is 46.9 Å². The molecule has 6 heteroatoms. The lowest BCUT2D eigenvalue weighted by molar-refractivity contribution is 0.101. The number of aromatic nitrogens is 2. The molecule has 0 aliphatic heterocycles. The number of amides is 1. The predicted molar refractivity (Wildman–Crippen MR) is 86.6 cm³/mol. The molecule has 0 aliphatic rings. The summed E-state index contributed by atoms with van der Waals surface area (Å²) in [5, 5.41) is 3.56. The molecular weight excluding hydrogens is 338 g/mol. The van der Waals surface area contributed by atoms with Gasteiger partial charge in [-0.1, -0.05) is 13.8 Å². The molecule has 0 unspecified atom stereocenters. The molecular formula is C14H18BrN3OS. The summed E-state index contributed by atoms with van der Waals surface area (Å²) in [4.78, 5) is 17.9. The normalized spacial score (nSPS) is 10.8. The number of thiazole rings is 1. The first kappa shape index (κ1) is 15.3. The van der Waals surface area contributed by atoms with E-state index < -0.39 is 0 Å². The lowest BCUT2D eigenvalue weighted by Crippen LogP contribution is -2.16. The van der Waals surface area contributed by atoms with Crippen molar-refractivity contribution >= 4 is 38.3 Å². The number of hydrogen-bond donors (Lipinski definition) is 1. The number of halogens is 1. The second-order valence-electron chi connectivity index (χ2n) is 4.57. The highest BCUT2D eigenvalue weighted by molar-refractivity contribution is 9.10. The van der Waals surface area contributed by atoms with Gasteiger partial charge in [-0.3, -0.25) is 10.1 Å². The Morgan fingerprint density at radius 2 is 2.25 bits per heavy atom. The van der Waals surface area contributed by atoms with Gasteiger partial charge in [-0.25, -0.2) is 4.98 Å². The summed E-state index contributed by atoms with van der Waals surface area (Å²) in [6, 6.07) is 1.84. The van der Waals surface area contributed by atoms with Crippen LogP contribution in [0.4, 0.5) is 5.13 Å². The van der Waals surface area contributed by atoms with E-state index in [-0.39, 0.29) is 5.91 Å². The molecule has 0 spiro atoms. The van der Waals surface area contributed by atoms with Gasteiger partial charge in [0, 0.05) is 22.1 Å². The average molecular weight is 356 g/mol. The van der Waals surface area contributed by atoms with Crippen LogP contribution in [-0.4, -0.2) is 15.5 Å². The lowest BCUT2D eigenvalue weighted by atomic mass is 10.3. The number of anilines is 1. The number of hydrogen-bond acceptors (Lipinski definition) is 3. The predicted octanol–water partition coefficient (Wildman–Crippen LogP) is 4.24. The third-order valence-corrected chi connectivity index (χ3v) is 4.37. The fourth-order valence-electron chi connectivity index (χ4n) is 2.06. The summed E-state index contributed by atoms with van der Waals surface area (Å²) in [5.41, 5.74) is 1.71. The van der Waals surface area contributed by atoms with Crippen molar-refractivity contribution in [2.45, 2.75) is 40.2 Å². The Morgan fingerprint density at radius 1 is 1.50 bits per heavy atom. The van der Waals surface area contributed by atoms with E-state index in [9.17, 15) is 4.79 Å². The Kier molecular flexibility index (Phi) is 4.99. The van der Waals surface area contributed by atoms with Crippen LogP contribution in [0.5, 0.6) is 0 Å². The molecule has 1 amide bonds. The van der Waals surface area contributed by atoms with Gasteiger partial charge in [-0.05, 0) is 41.8 Å². The Hall–Kier alpha value is -1.14. The van der Waals surface area contributed by atoms with Crippen LogP contribution in [0.25, 0.3) is 0 Å². The first-order valence-corrected chi connectivity index (χ1v) is 8.29. The minimum absolute atomic E-state index is 0.111. The van der Waals surface area contributed by atoms with Crippen LogP contribution in [0.15, 0.2) is 16.7 Å². The van der Waals surface area contributed by atoms with Crippen molar-refractivity contribution in [2.24, 2.45) is 0 Å². The van der Waals surface area contributed by atoms with Crippen molar-refractivity contribution in [3.05, 3.63) is 33.0 Å². The summed E-state index contributed by atoms with van der Waals surface area (Å²) in [6.45, 7) is 7.01. The van der Waals surface area contributed by atoms with E-state index in [1.54, 1.807) is 0 Å². The largest absolute Gasteiger partial charge is 0.342 e. The van der Waals surface area contributed by atoms with Crippen LogP contribution in [0.1, 0.15) is 41.3 Å². The molecule has 0 atom stereocenters. The molecule has 2 heterocycles. The van der Waals surface area contributed by atoms with Gasteiger partial charge in [-0.2, -0.15) is 0 Å². The fraction of sp³-hybridized carbons (Fsp3) is 0.429. The van der Waals surface area contributed by atoms with Crippen molar-refractivity contribution in [3.63, 3.8) is 0 Å². The van der Waals surface area contributed by atoms with Crippen LogP contribution in [0.3, 0.4) is 0 Å². The van der Waals surface area contributed by atoms with Gasteiger partial charge in [0.15, 0.2) is 5.13 Å². The van der Waals surface area contributed by atoms with Crippen LogP contribution < -0.4 is 5.32 Å². The number of carbonyl (C=O) groups is 1. The molecule has 0 fully saturated rings. The minimum atomic E-state index is -0.111. The number of aryl methyl sites for hydroxylation is 3. The molecule has 0 radical (unpaired) electrons. The van der Waals surface area contributed by atoms with E-state index in [1.165, 1.54) is 11.3 Å². The summed E-state index contributed by atoms with van der Waals surface area (Å²) >= 11 is 4.94. The zero-order valence-corrected chi connectivity index (χ0v) is 14.3. The molecule has 0 aromatic carbocycles. The van der Waals surface area contributed by atoms with Gasteiger partial charge in [0.05, 0.1) is 5.69 Å². The second-order valence-corrected chi connectivity index (χ2v) is 6.69. The van der Waals surface area contributed by atoms with Gasteiger partial charge in [-0.15, -0.1) is 11.3 Å². The highest BCUT2D eigenvalue weighted by atomic mass is 79.9. The number of rotatable bonds is 5. The van der Waals surface area contributed by atoms with Crippen molar-refractivity contribution in [1.29, 1.82) is 0 Å². The SMILES string of the molecule is CCCn1cc(Br)cc1C(=O)Nc1nc(CC)c(C)s1. The monoisotopic (exact) mass is 355 g/mol. The van der Waals surface area contributed by atoms with E-state index >= 15 is 0 Å². The third-order valence-electron chi connectivity index (χ3n) is 3.01. The van der Waals surface area contributed by atoms with Crippen LogP contribution >= 0.6 is 27.3 Å². The Morgan fingerprint density at radius 3 is 2.85 bits per heavy atom. The van der Waals surface area contributed by atoms with Gasteiger partial charge >= 0.3 is 0 Å². The molecule has 2 aromatic rings. The molecule has 2 aromatic heterocycles. The standard InChI is InChI=1S/C14H18BrN3OS/c1-4-6-18-8-10(15)7-12(18)13(19)17-14-16-11(5-2)9(3)20-14/h7-8H,4-6H2,1-3H3,(H,16,17,19). The van der Waals surface area contributed by atoms with E-state index in [0.29, 0.717) is 10.8 Å². The van der Waals surface area contributed by atoms with Crippen molar-refractivity contribution in [1.82, 2.24) is 9.55 Å². The third kappa shape index (κ3) is 3.30. The number of carbonyl (C=O) groups excluding carboxylic acids is 1. The van der Waals surface area contributed by atoms with Gasteiger partial charge in [0.1, 0.15) is 5.69 Å². The average Bonchev–Trinajstić information content (AvgIpc) is 2.93. The van der Waals surface area contributed by atoms with Crippen LogP contribution in [0, 0.1) is 6.92 Å². The zero-order chi connectivity index (χ0) is 14.7. The Balaban J connectivity index is 2.19. The number of nitrogens with one attached hydrogen (secondary N) is 1. The quantitative estimate of drug-likeness (QED) is 0.871. The summed E-state index contributed by atoms with van der Waals surface area (Å²) < 4.78 is 2.88. The van der Waals surface area contributed by atoms with Crippen molar-refractivity contribution < 1.29 is 4.79 Å². The van der Waals surface area contributed by atoms with Crippen molar-refractivity contribution in [3.8, 4) is 0 Å². The van der Waals surface area contributed by atoms with E-state index in [2.05, 4.69) is 40.1 Å². The molecule has 0 saturated carbocycles. The smallest absolute Gasteiger partial charge is 0.274 e. The van der Waals surface area contributed by atoms with E-state index in [4.69, 9.17) is 0 Å². The summed E-state index contributed by atoms with van der Waals surface area (Å²) in [7, 11) is 0. The first-order chi connectivity index (χ1) is 9.55.